The number of esters is 3. The van der Waals surface area contributed by atoms with Gasteiger partial charge in [-0.25, -0.2) is 14.4 Å². The van der Waals surface area contributed by atoms with E-state index in [0.29, 0.717) is 51.7 Å². The van der Waals surface area contributed by atoms with Crippen LogP contribution >= 0.6 is 0 Å². The molecule has 0 unspecified atom stereocenters. The Kier molecular flexibility index (Phi) is 10.9. The Hall–Kier alpha value is -6.13. The molecule has 7 nitrogen and oxygen atoms in total. The first-order valence-electron chi connectivity index (χ1n) is 14.7. The summed E-state index contributed by atoms with van der Waals surface area (Å²) in [5.74, 6) is 6.20. The van der Waals surface area contributed by atoms with Gasteiger partial charge in [-0.1, -0.05) is 68.0 Å². The van der Waals surface area contributed by atoms with Crippen LogP contribution in [0.3, 0.4) is 0 Å². The van der Waals surface area contributed by atoms with E-state index in [1.807, 2.05) is 43.3 Å². The van der Waals surface area contributed by atoms with Gasteiger partial charge in [-0.05, 0) is 86.8 Å². The minimum Gasteiger partial charge on any atom is -0.493 e. The Morgan fingerprint density at radius 2 is 1.02 bits per heavy atom. The maximum Gasteiger partial charge on any atom is 0.338 e. The summed E-state index contributed by atoms with van der Waals surface area (Å²) in [6.45, 7) is 17.9. The molecule has 0 saturated carbocycles. The van der Waals surface area contributed by atoms with E-state index in [-0.39, 0.29) is 11.3 Å². The van der Waals surface area contributed by atoms with Crippen molar-refractivity contribution in [1.29, 1.82) is 0 Å². The third-order valence-corrected chi connectivity index (χ3v) is 6.63. The second-order valence-corrected chi connectivity index (χ2v) is 10.7. The largest absolute Gasteiger partial charge is 0.493 e. The predicted octanol–water partition coefficient (Wildman–Crippen LogP) is 8.26. The molecule has 47 heavy (non-hydrogen) atoms. The molecule has 0 heterocycles. The number of carbonyl (C=O) groups excluding carboxylic acids is 3. The van der Waals surface area contributed by atoms with Crippen molar-refractivity contribution in [3.8, 4) is 57.1 Å². The van der Waals surface area contributed by atoms with Crippen LogP contribution in [0.4, 0.5) is 0 Å². The van der Waals surface area contributed by atoms with Gasteiger partial charge in [0.25, 0.3) is 0 Å². The van der Waals surface area contributed by atoms with E-state index in [0.717, 1.165) is 16.7 Å². The molecule has 0 amide bonds. The molecule has 0 atom stereocenters. The van der Waals surface area contributed by atoms with Gasteiger partial charge in [0, 0.05) is 33.9 Å². The van der Waals surface area contributed by atoms with Crippen LogP contribution in [0.25, 0.3) is 22.3 Å². The molecule has 0 saturated heterocycles. The topological polar surface area (TPSA) is 88.1 Å². The van der Waals surface area contributed by atoms with Gasteiger partial charge in [0.1, 0.15) is 23.0 Å². The summed E-state index contributed by atoms with van der Waals surface area (Å²) in [5.41, 5.74) is 5.36. The number of hydrogen-bond donors (Lipinski definition) is 0. The van der Waals surface area contributed by atoms with Gasteiger partial charge in [0.2, 0.25) is 0 Å². The van der Waals surface area contributed by atoms with Crippen molar-refractivity contribution in [3.05, 3.63) is 133 Å². The lowest BCUT2D eigenvalue weighted by atomic mass is 9.98. The van der Waals surface area contributed by atoms with Crippen LogP contribution in [-0.2, 0) is 14.4 Å². The standard InChI is InChI=1S/C40H34O7/c1-8-44-37-23-32(12-9-28-10-19-33(20-11-28)45-38(41)25(2)3)36(47-40(43)27(6)7)24-35(37)31-15-13-29(14-16-31)30-17-21-34(22-18-30)46-39(42)26(4)5/h10-11,13-24H,2,4,6,8H2,1,3,5,7H3. The minimum atomic E-state index is -0.584. The van der Waals surface area contributed by atoms with Crippen LogP contribution in [0, 0.1) is 11.8 Å². The second kappa shape index (κ2) is 15.2. The molecule has 0 aliphatic heterocycles. The number of rotatable bonds is 10. The molecule has 0 N–H and O–H groups in total. The van der Waals surface area contributed by atoms with Crippen molar-refractivity contribution in [2.24, 2.45) is 0 Å². The van der Waals surface area contributed by atoms with E-state index in [2.05, 4.69) is 31.6 Å². The fraction of sp³-hybridized carbons (Fsp3) is 0.125. The summed E-state index contributed by atoms with van der Waals surface area (Å²) >= 11 is 0. The van der Waals surface area contributed by atoms with Crippen molar-refractivity contribution in [3.63, 3.8) is 0 Å². The second-order valence-electron chi connectivity index (χ2n) is 10.7. The SMILES string of the molecule is C=C(C)C(=O)Oc1ccc(C#Cc2cc(OCC)c(-c3ccc(-c4ccc(OC(=O)C(=C)C)cc4)cc3)cc2OC(=O)C(=C)C)cc1. The summed E-state index contributed by atoms with van der Waals surface area (Å²) in [6.07, 6.45) is 0. The van der Waals surface area contributed by atoms with Crippen molar-refractivity contribution in [2.75, 3.05) is 6.61 Å². The Morgan fingerprint density at radius 1 is 0.574 bits per heavy atom. The van der Waals surface area contributed by atoms with Crippen molar-refractivity contribution < 1.29 is 33.3 Å². The van der Waals surface area contributed by atoms with Crippen LogP contribution in [0.15, 0.2) is 121 Å². The lowest BCUT2D eigenvalue weighted by molar-refractivity contribution is -0.130. The van der Waals surface area contributed by atoms with Gasteiger partial charge in [-0.15, -0.1) is 0 Å². The molecule has 0 aliphatic carbocycles. The summed E-state index contributed by atoms with van der Waals surface area (Å²) in [4.78, 5) is 36.2. The maximum atomic E-state index is 12.6. The zero-order valence-electron chi connectivity index (χ0n) is 26.8. The summed E-state index contributed by atoms with van der Waals surface area (Å²) in [5, 5.41) is 0. The monoisotopic (exact) mass is 626 g/mol. The number of carbonyl (C=O) groups is 3. The van der Waals surface area contributed by atoms with Crippen LogP contribution in [0.1, 0.15) is 38.8 Å². The predicted molar refractivity (Wildman–Crippen MR) is 182 cm³/mol. The number of ether oxygens (including phenoxy) is 4. The average Bonchev–Trinajstić information content (AvgIpc) is 3.05. The summed E-state index contributed by atoms with van der Waals surface area (Å²) in [7, 11) is 0. The van der Waals surface area contributed by atoms with Gasteiger partial charge < -0.3 is 18.9 Å². The highest BCUT2D eigenvalue weighted by atomic mass is 16.5. The van der Waals surface area contributed by atoms with E-state index in [1.165, 1.54) is 0 Å². The highest BCUT2D eigenvalue weighted by Gasteiger charge is 2.17. The minimum absolute atomic E-state index is 0.240. The molecule has 4 rings (SSSR count). The first-order chi connectivity index (χ1) is 22.4. The van der Waals surface area contributed by atoms with E-state index in [1.54, 1.807) is 69.3 Å². The molecule has 0 bridgehead atoms. The van der Waals surface area contributed by atoms with Crippen LogP contribution in [0.2, 0.25) is 0 Å². The lowest BCUT2D eigenvalue weighted by Crippen LogP contribution is -2.10. The Morgan fingerprint density at radius 3 is 1.51 bits per heavy atom. The van der Waals surface area contributed by atoms with Gasteiger partial charge in [-0.2, -0.15) is 0 Å². The van der Waals surface area contributed by atoms with Crippen LogP contribution < -0.4 is 18.9 Å². The molecule has 7 heteroatoms. The van der Waals surface area contributed by atoms with E-state index in [9.17, 15) is 14.4 Å². The van der Waals surface area contributed by atoms with Gasteiger partial charge in [-0.3, -0.25) is 0 Å². The third-order valence-electron chi connectivity index (χ3n) is 6.63. The molecule has 4 aromatic rings. The molecular formula is C40H34O7. The zero-order valence-corrected chi connectivity index (χ0v) is 26.8. The first kappa shape index (κ1) is 33.8. The van der Waals surface area contributed by atoms with E-state index >= 15 is 0 Å². The summed E-state index contributed by atoms with van der Waals surface area (Å²) < 4.78 is 22.3. The lowest BCUT2D eigenvalue weighted by Gasteiger charge is -2.15. The van der Waals surface area contributed by atoms with E-state index < -0.39 is 17.9 Å². The molecule has 0 fully saturated rings. The van der Waals surface area contributed by atoms with E-state index in [4.69, 9.17) is 18.9 Å². The summed E-state index contributed by atoms with van der Waals surface area (Å²) in [6, 6.07) is 25.2. The smallest absolute Gasteiger partial charge is 0.338 e. The molecule has 4 aromatic carbocycles. The highest BCUT2D eigenvalue weighted by molar-refractivity contribution is 5.90. The first-order valence-corrected chi connectivity index (χ1v) is 14.7. The molecule has 0 radical (unpaired) electrons. The van der Waals surface area contributed by atoms with Gasteiger partial charge in [0.15, 0.2) is 0 Å². The normalized spacial score (nSPS) is 10.1. The molecular weight excluding hydrogens is 592 g/mol. The fourth-order valence-corrected chi connectivity index (χ4v) is 4.12. The number of benzene rings is 4. The van der Waals surface area contributed by atoms with Crippen molar-refractivity contribution >= 4 is 17.9 Å². The van der Waals surface area contributed by atoms with Crippen LogP contribution in [0.5, 0.6) is 23.0 Å². The maximum absolute atomic E-state index is 12.6. The van der Waals surface area contributed by atoms with Crippen molar-refractivity contribution in [1.82, 2.24) is 0 Å². The third kappa shape index (κ3) is 8.96. The quantitative estimate of drug-likeness (QED) is 0.0758. The fourth-order valence-electron chi connectivity index (χ4n) is 4.12. The van der Waals surface area contributed by atoms with Crippen LogP contribution in [-0.4, -0.2) is 24.5 Å². The Balaban J connectivity index is 1.67. The number of hydrogen-bond acceptors (Lipinski definition) is 7. The Labute approximate surface area is 274 Å². The zero-order chi connectivity index (χ0) is 34.1. The molecule has 0 aromatic heterocycles. The molecule has 236 valence electrons. The van der Waals surface area contributed by atoms with Gasteiger partial charge >= 0.3 is 17.9 Å². The van der Waals surface area contributed by atoms with Gasteiger partial charge in [0.05, 0.1) is 12.2 Å². The molecule has 0 spiro atoms. The van der Waals surface area contributed by atoms with Crippen molar-refractivity contribution in [2.45, 2.75) is 27.7 Å². The molecule has 0 aliphatic rings. The highest BCUT2D eigenvalue weighted by Crippen LogP contribution is 2.37. The Bertz CT molecular complexity index is 1920. The average molecular weight is 627 g/mol.